The summed E-state index contributed by atoms with van der Waals surface area (Å²) in [5, 5.41) is 26.4. The number of unbranched alkanes of at least 4 members (excludes halogenated alkanes) is 4. The summed E-state index contributed by atoms with van der Waals surface area (Å²) in [6.45, 7) is 20.5. The van der Waals surface area contributed by atoms with Crippen molar-refractivity contribution in [3.05, 3.63) is 82.4 Å². The lowest BCUT2D eigenvalue weighted by Crippen LogP contribution is -2.55. The molecule has 21 heteroatoms. The highest BCUT2D eigenvalue weighted by molar-refractivity contribution is 6.00. The summed E-state index contributed by atoms with van der Waals surface area (Å²) in [7, 11) is 1.36. The smallest absolute Gasteiger partial charge is 0.407 e. The first-order valence-electron chi connectivity index (χ1n) is 27.4. The minimum Gasteiger partial charge on any atom is -0.491 e. The molecular formula is C59H85N7O14. The zero-order valence-corrected chi connectivity index (χ0v) is 48.9. The topological polar surface area (TPSA) is 278 Å². The number of aliphatic carboxylic acids is 1. The van der Waals surface area contributed by atoms with Crippen LogP contribution in [0.5, 0.6) is 11.5 Å². The summed E-state index contributed by atoms with van der Waals surface area (Å²) in [6.07, 6.45) is 3.92. The van der Waals surface area contributed by atoms with Crippen LogP contribution in [-0.2, 0) is 46.2 Å². The molecule has 1 aliphatic heterocycles. The number of carboxylic acid groups (broad SMARTS) is 1. The first kappa shape index (κ1) is 64.9. The van der Waals surface area contributed by atoms with Gasteiger partial charge in [-0.25, -0.2) is 19.2 Å². The van der Waals surface area contributed by atoms with Gasteiger partial charge in [0.25, 0.3) is 5.91 Å². The maximum Gasteiger partial charge on any atom is 0.407 e. The van der Waals surface area contributed by atoms with E-state index in [-0.39, 0.29) is 62.8 Å². The molecule has 0 spiro atoms. The van der Waals surface area contributed by atoms with Crippen LogP contribution in [0.3, 0.4) is 0 Å². The minimum atomic E-state index is -1.56. The van der Waals surface area contributed by atoms with Crippen LogP contribution in [0.2, 0.25) is 0 Å². The summed E-state index contributed by atoms with van der Waals surface area (Å²) in [5.74, 6) is -3.93. The SMILES string of the molecule is CCCCCCCc1ccc(C(=O)N[C@@H](CCNC(=O)OC(C)(C)C)C(=O)N(C)[C@@H]2C(=O)N[C@@H](C)C(=O)N[C@H](C(=O)O)Cc3ccc(OCCNC(=O)OC(C)(C)C)c(c3)-c3cc2ccc3OCCNC(=O)OC(C)(C)C)c(C)c1. The lowest BCUT2D eigenvalue weighted by molar-refractivity contribution is -0.143. The lowest BCUT2D eigenvalue weighted by Gasteiger charge is -2.33. The van der Waals surface area contributed by atoms with Gasteiger partial charge in [-0.2, -0.15) is 0 Å². The fourth-order valence-corrected chi connectivity index (χ4v) is 8.56. The van der Waals surface area contributed by atoms with Crippen LogP contribution < -0.4 is 41.4 Å². The molecule has 1 aliphatic rings. The highest BCUT2D eigenvalue weighted by atomic mass is 16.6. The average molecular weight is 1120 g/mol. The van der Waals surface area contributed by atoms with Gasteiger partial charge in [0.05, 0.1) is 13.1 Å². The van der Waals surface area contributed by atoms with E-state index >= 15 is 4.79 Å². The van der Waals surface area contributed by atoms with Crippen molar-refractivity contribution >= 4 is 47.9 Å². The highest BCUT2D eigenvalue weighted by Crippen LogP contribution is 2.40. The van der Waals surface area contributed by atoms with E-state index in [9.17, 15) is 38.7 Å². The van der Waals surface area contributed by atoms with E-state index in [4.69, 9.17) is 23.7 Å². The van der Waals surface area contributed by atoms with Crippen LogP contribution in [-0.4, -0.2) is 133 Å². The molecule has 7 N–H and O–H groups in total. The number of benzene rings is 3. The van der Waals surface area contributed by atoms with Crippen LogP contribution in [0.1, 0.15) is 153 Å². The van der Waals surface area contributed by atoms with Crippen molar-refractivity contribution in [3.8, 4) is 22.6 Å². The van der Waals surface area contributed by atoms with Gasteiger partial charge in [0.1, 0.15) is 65.7 Å². The third-order valence-electron chi connectivity index (χ3n) is 12.3. The number of aryl methyl sites for hydroxylation is 2. The summed E-state index contributed by atoms with van der Waals surface area (Å²) in [6, 6.07) is 9.40. The molecule has 0 radical (unpaired) electrons. The molecular weight excluding hydrogens is 1030 g/mol. The zero-order chi connectivity index (χ0) is 59.5. The number of amides is 7. The van der Waals surface area contributed by atoms with Gasteiger partial charge in [-0.1, -0.05) is 56.9 Å². The second-order valence-electron chi connectivity index (χ2n) is 22.9. The largest absolute Gasteiger partial charge is 0.491 e. The highest BCUT2D eigenvalue weighted by Gasteiger charge is 2.37. The van der Waals surface area contributed by atoms with E-state index < -0.39 is 88.8 Å². The fourth-order valence-electron chi connectivity index (χ4n) is 8.56. The molecule has 0 fully saturated rings. The van der Waals surface area contributed by atoms with E-state index in [0.29, 0.717) is 27.8 Å². The number of hydrogen-bond acceptors (Lipinski definition) is 13. The molecule has 7 amide bonds. The van der Waals surface area contributed by atoms with Gasteiger partial charge in [-0.15, -0.1) is 0 Å². The van der Waals surface area contributed by atoms with Crippen LogP contribution in [0.4, 0.5) is 14.4 Å². The molecule has 80 heavy (non-hydrogen) atoms. The van der Waals surface area contributed by atoms with Gasteiger partial charge in [-0.3, -0.25) is 19.2 Å². The molecule has 0 aliphatic carbocycles. The Kier molecular flexibility index (Phi) is 24.0. The third kappa shape index (κ3) is 21.6. The summed E-state index contributed by atoms with van der Waals surface area (Å²) in [5.41, 5.74) is 0.964. The van der Waals surface area contributed by atoms with Crippen molar-refractivity contribution in [2.24, 2.45) is 0 Å². The summed E-state index contributed by atoms with van der Waals surface area (Å²) >= 11 is 0. The molecule has 1 heterocycles. The standard InChI is InChI=1S/C59H85N7O14/c1-14-15-16-17-18-19-38-20-23-41(36(2)32-38)50(68)64-44(26-27-60-54(73)78-57(4,5)6)52(70)66(13)48-40-22-25-47(77-31-29-62-56(75)80-59(10,11)12)43(35-40)42-33-39(34-45(53(71)72)65-49(67)37(3)63-51(48)69)21-24-46(42)76-30-28-61-55(74)79-58(7,8)9/h20-25,32-33,35,37,44-45,48H,14-19,26-31,34H2,1-13H3,(H,60,73)(H,61,74)(H,62,75)(H,63,69)(H,64,68)(H,65,67)(H,71,72)/t37-,44-,45-,48-/m0/s1. The van der Waals surface area contributed by atoms with Crippen molar-refractivity contribution in [2.45, 2.75) is 175 Å². The van der Waals surface area contributed by atoms with Gasteiger partial charge in [0.15, 0.2) is 0 Å². The van der Waals surface area contributed by atoms with Crippen LogP contribution in [0.25, 0.3) is 11.1 Å². The molecule has 4 rings (SSSR count). The van der Waals surface area contributed by atoms with Crippen LogP contribution in [0.15, 0.2) is 54.6 Å². The Morgan fingerprint density at radius 2 is 1.23 bits per heavy atom. The molecule has 3 aromatic rings. The Labute approximate surface area is 470 Å². The van der Waals surface area contributed by atoms with E-state index in [1.165, 1.54) is 20.4 Å². The predicted molar refractivity (Wildman–Crippen MR) is 301 cm³/mol. The van der Waals surface area contributed by atoms with Crippen LogP contribution in [0, 0.1) is 6.92 Å². The first-order valence-corrected chi connectivity index (χ1v) is 27.4. The average Bonchev–Trinajstić information content (AvgIpc) is 3.35. The van der Waals surface area contributed by atoms with Crippen molar-refractivity contribution in [2.75, 3.05) is 39.9 Å². The lowest BCUT2D eigenvalue weighted by atomic mass is 9.93. The molecule has 21 nitrogen and oxygen atoms in total. The maximum absolute atomic E-state index is 15.2. The number of likely N-dealkylation sites (N-methyl/N-ethyl adjacent to an activating group) is 1. The van der Waals surface area contributed by atoms with Crippen LogP contribution >= 0.6 is 0 Å². The number of fused-ring (bicyclic) bond motifs is 5. The molecule has 3 aromatic carbocycles. The number of rotatable bonds is 22. The second kappa shape index (κ2) is 29.6. The number of alkyl carbamates (subject to hydrolysis) is 3. The van der Waals surface area contributed by atoms with E-state index in [0.717, 1.165) is 42.6 Å². The summed E-state index contributed by atoms with van der Waals surface area (Å²) < 4.78 is 28.8. The molecule has 0 saturated heterocycles. The van der Waals surface area contributed by atoms with Crippen molar-refractivity contribution in [1.29, 1.82) is 0 Å². The second-order valence-corrected chi connectivity index (χ2v) is 22.9. The number of nitrogens with zero attached hydrogens (tertiary/aromatic N) is 1. The van der Waals surface area contributed by atoms with E-state index in [1.807, 2.05) is 19.1 Å². The molecule has 440 valence electrons. The Morgan fingerprint density at radius 3 is 1.76 bits per heavy atom. The number of ether oxygens (including phenoxy) is 5. The minimum absolute atomic E-state index is 0.00529. The van der Waals surface area contributed by atoms with Crippen molar-refractivity contribution < 1.29 is 67.1 Å². The van der Waals surface area contributed by atoms with Gasteiger partial charge in [0, 0.05) is 36.7 Å². The zero-order valence-electron chi connectivity index (χ0n) is 48.9. The molecule has 0 saturated carbocycles. The van der Waals surface area contributed by atoms with Crippen molar-refractivity contribution in [1.82, 2.24) is 36.8 Å². The fraction of sp³-hybridized carbons (Fsp3) is 0.559. The van der Waals surface area contributed by atoms with Gasteiger partial charge in [0.2, 0.25) is 17.7 Å². The number of nitrogens with one attached hydrogen (secondary N) is 6. The van der Waals surface area contributed by atoms with E-state index in [1.54, 1.807) is 105 Å². The van der Waals surface area contributed by atoms with E-state index in [2.05, 4.69) is 38.8 Å². The van der Waals surface area contributed by atoms with Gasteiger partial charge < -0.3 is 65.6 Å². The predicted octanol–water partition coefficient (Wildman–Crippen LogP) is 7.83. The Balaban J connectivity index is 1.87. The normalized spacial score (nSPS) is 16.0. The third-order valence-corrected chi connectivity index (χ3v) is 12.3. The first-order chi connectivity index (χ1) is 37.4. The number of carbonyl (C=O) groups excluding carboxylic acids is 7. The molecule has 4 bridgehead atoms. The number of hydrogen-bond donors (Lipinski definition) is 7. The summed E-state index contributed by atoms with van der Waals surface area (Å²) in [4.78, 5) is 110. The molecule has 4 atom stereocenters. The Bertz CT molecular complexity index is 2660. The van der Waals surface area contributed by atoms with Gasteiger partial charge >= 0.3 is 24.2 Å². The van der Waals surface area contributed by atoms with Crippen molar-refractivity contribution in [3.63, 3.8) is 0 Å². The monoisotopic (exact) mass is 1120 g/mol. The Hall–Kier alpha value is -7.58. The number of carboxylic acids is 1. The maximum atomic E-state index is 15.2. The Morgan fingerprint density at radius 1 is 0.688 bits per heavy atom. The molecule has 0 aromatic heterocycles. The number of carbonyl (C=O) groups is 8. The quantitative estimate of drug-likeness (QED) is 0.0373. The van der Waals surface area contributed by atoms with Gasteiger partial charge in [-0.05, 0) is 148 Å². The molecule has 0 unspecified atom stereocenters.